The van der Waals surface area contributed by atoms with Gasteiger partial charge in [0.1, 0.15) is 35.4 Å². The van der Waals surface area contributed by atoms with E-state index >= 15 is 4.39 Å². The molecule has 2 unspecified atom stereocenters. The Morgan fingerprint density at radius 2 is 1.90 bits per heavy atom. The maximum Gasteiger partial charge on any atom is 0.573 e. The maximum atomic E-state index is 15.0. The van der Waals surface area contributed by atoms with Gasteiger partial charge in [-0.2, -0.15) is 5.10 Å². The van der Waals surface area contributed by atoms with Crippen LogP contribution in [0.3, 0.4) is 0 Å². The van der Waals surface area contributed by atoms with E-state index in [4.69, 9.17) is 21.3 Å². The first kappa shape index (κ1) is 27.8. The lowest BCUT2D eigenvalue weighted by molar-refractivity contribution is -0.274. The molecule has 1 aliphatic rings. The van der Waals surface area contributed by atoms with Gasteiger partial charge in [0.2, 0.25) is 0 Å². The Labute approximate surface area is 231 Å². The second-order valence-electron chi connectivity index (χ2n) is 9.73. The number of carbonyl (C=O) groups is 1. The van der Waals surface area contributed by atoms with E-state index in [9.17, 15) is 23.1 Å². The van der Waals surface area contributed by atoms with Crippen LogP contribution in [0.4, 0.5) is 17.6 Å². The van der Waals surface area contributed by atoms with Crippen molar-refractivity contribution in [2.75, 3.05) is 0 Å². The molecular weight excluding hydrogens is 556 g/mol. The van der Waals surface area contributed by atoms with E-state index < -0.39 is 35.7 Å². The number of aryl methyl sites for hydroxylation is 1. The van der Waals surface area contributed by atoms with E-state index in [1.54, 1.807) is 40.7 Å². The van der Waals surface area contributed by atoms with Crippen LogP contribution < -0.4 is 9.47 Å². The first-order valence-electron chi connectivity index (χ1n) is 12.6. The van der Waals surface area contributed by atoms with Crippen LogP contribution >= 0.6 is 11.6 Å². The summed E-state index contributed by atoms with van der Waals surface area (Å²) in [7, 11) is 1.73. The summed E-state index contributed by atoms with van der Waals surface area (Å²) in [6.45, 7) is -0.00644. The van der Waals surface area contributed by atoms with Crippen LogP contribution in [0.25, 0.3) is 11.0 Å². The predicted molar refractivity (Wildman–Crippen MR) is 137 cm³/mol. The highest BCUT2D eigenvalue weighted by atomic mass is 35.5. The number of nitrogens with zero attached hydrogens (tertiary/aromatic N) is 4. The van der Waals surface area contributed by atoms with Crippen molar-refractivity contribution in [1.29, 1.82) is 0 Å². The van der Waals surface area contributed by atoms with Crippen LogP contribution in [0.1, 0.15) is 48.7 Å². The molecule has 1 aliphatic carbocycles. The third-order valence-electron chi connectivity index (χ3n) is 6.98. The van der Waals surface area contributed by atoms with Gasteiger partial charge >= 0.3 is 12.3 Å². The maximum absolute atomic E-state index is 15.0. The van der Waals surface area contributed by atoms with Crippen LogP contribution in [-0.4, -0.2) is 36.8 Å². The summed E-state index contributed by atoms with van der Waals surface area (Å²) in [5.41, 5.74) is 1.73. The number of carboxylic acids is 1. The number of aliphatic carboxylic acids is 1. The Morgan fingerprint density at radius 3 is 2.58 bits per heavy atom. The Morgan fingerprint density at radius 1 is 1.15 bits per heavy atom. The topological polar surface area (TPSA) is 91.4 Å². The van der Waals surface area contributed by atoms with E-state index in [-0.39, 0.29) is 18.7 Å². The highest BCUT2D eigenvalue weighted by Crippen LogP contribution is 2.40. The number of ether oxygens (including phenoxy) is 2. The highest BCUT2D eigenvalue weighted by molar-refractivity contribution is 6.31. The third-order valence-corrected chi connectivity index (χ3v) is 7.30. The smallest absolute Gasteiger partial charge is 0.487 e. The molecule has 40 heavy (non-hydrogen) atoms. The van der Waals surface area contributed by atoms with Gasteiger partial charge in [-0.25, -0.2) is 9.37 Å². The van der Waals surface area contributed by atoms with E-state index in [1.807, 2.05) is 0 Å². The number of carboxylic acid groups (broad SMARTS) is 1. The monoisotopic (exact) mass is 580 g/mol. The number of benzene rings is 2. The molecule has 0 spiro atoms. The molecule has 5 rings (SSSR count). The molecule has 1 saturated carbocycles. The van der Waals surface area contributed by atoms with Gasteiger partial charge in [0.05, 0.1) is 28.5 Å². The molecule has 0 saturated heterocycles. The molecule has 13 heteroatoms. The Bertz CT molecular complexity index is 1550. The van der Waals surface area contributed by atoms with Crippen LogP contribution in [0, 0.1) is 11.7 Å². The van der Waals surface area contributed by atoms with Gasteiger partial charge in [0, 0.05) is 36.9 Å². The van der Waals surface area contributed by atoms with Crippen LogP contribution in [0.15, 0.2) is 42.6 Å². The fourth-order valence-corrected chi connectivity index (χ4v) is 5.41. The number of halogens is 5. The van der Waals surface area contributed by atoms with Gasteiger partial charge in [-0.3, -0.25) is 9.48 Å². The van der Waals surface area contributed by atoms with E-state index in [0.29, 0.717) is 52.2 Å². The summed E-state index contributed by atoms with van der Waals surface area (Å²) in [5, 5.41) is 14.6. The molecule has 212 valence electrons. The van der Waals surface area contributed by atoms with Gasteiger partial charge < -0.3 is 19.1 Å². The van der Waals surface area contributed by atoms with Crippen LogP contribution in [-0.2, 0) is 25.0 Å². The molecule has 0 bridgehead atoms. The van der Waals surface area contributed by atoms with E-state index in [2.05, 4.69) is 9.84 Å². The van der Waals surface area contributed by atoms with Gasteiger partial charge in [-0.15, -0.1) is 13.2 Å². The second kappa shape index (κ2) is 11.0. The van der Waals surface area contributed by atoms with Crippen molar-refractivity contribution in [3.63, 3.8) is 0 Å². The second-order valence-corrected chi connectivity index (χ2v) is 10.1. The number of alkyl halides is 3. The molecule has 2 atom stereocenters. The number of imidazole rings is 1. The third kappa shape index (κ3) is 6.01. The fraction of sp³-hybridized carbons (Fsp3) is 0.370. The normalized spacial score (nSPS) is 17.8. The Kier molecular flexibility index (Phi) is 7.63. The lowest BCUT2D eigenvalue weighted by atomic mass is 9.78. The first-order chi connectivity index (χ1) is 19.0. The molecule has 0 radical (unpaired) electrons. The minimum atomic E-state index is -4.95. The van der Waals surface area contributed by atoms with Crippen molar-refractivity contribution >= 4 is 28.6 Å². The zero-order valence-electron chi connectivity index (χ0n) is 21.3. The predicted octanol–water partition coefficient (Wildman–Crippen LogP) is 6.45. The molecule has 8 nitrogen and oxygen atoms in total. The van der Waals surface area contributed by atoms with Crippen molar-refractivity contribution in [2.24, 2.45) is 13.0 Å². The van der Waals surface area contributed by atoms with Crippen molar-refractivity contribution in [3.05, 3.63) is 70.5 Å². The number of fused-ring (bicyclic) bond motifs is 1. The lowest BCUT2D eigenvalue weighted by Crippen LogP contribution is -2.28. The molecule has 2 heterocycles. The average Bonchev–Trinajstić information content (AvgIpc) is 3.41. The summed E-state index contributed by atoms with van der Waals surface area (Å²) in [6, 6.07) is 8.06. The van der Waals surface area contributed by atoms with Gasteiger partial charge in [0.25, 0.3) is 0 Å². The molecular formula is C27H25ClF4N4O4. The number of aromatic nitrogens is 4. The molecule has 2 aromatic heterocycles. The van der Waals surface area contributed by atoms with Crippen molar-refractivity contribution in [1.82, 2.24) is 19.3 Å². The number of hydrogen-bond acceptors (Lipinski definition) is 5. The van der Waals surface area contributed by atoms with Gasteiger partial charge in [-0.05, 0) is 31.0 Å². The standard InChI is InChI=1S/C27H25ClF4N4O4/c1-35-13-20(28)23(34-35)14-39-16-8-9-22-24(11-16)36(25(33-22)18-4-2-3-5-19(18)26(37)38)12-15-6-7-17(10-21(15)29)40-27(30,31)32/h6-11,13,18-19H,2-5,12,14H2,1H3,(H,37,38). The highest BCUT2D eigenvalue weighted by Gasteiger charge is 2.36. The zero-order chi connectivity index (χ0) is 28.6. The molecule has 2 aromatic carbocycles. The van der Waals surface area contributed by atoms with Crippen LogP contribution in [0.5, 0.6) is 11.5 Å². The van der Waals surface area contributed by atoms with Gasteiger partial charge in [-0.1, -0.05) is 30.5 Å². The summed E-state index contributed by atoms with van der Waals surface area (Å²) < 4.78 is 65.9. The van der Waals surface area contributed by atoms with Crippen molar-refractivity contribution in [2.45, 2.75) is 51.1 Å². The fourth-order valence-electron chi connectivity index (χ4n) is 5.17. The largest absolute Gasteiger partial charge is 0.573 e. The first-order valence-corrected chi connectivity index (χ1v) is 12.9. The number of rotatable bonds is 8. The van der Waals surface area contributed by atoms with Crippen molar-refractivity contribution in [3.8, 4) is 11.5 Å². The summed E-state index contributed by atoms with van der Waals surface area (Å²) in [4.78, 5) is 16.8. The SMILES string of the molecule is Cn1cc(Cl)c(COc2ccc3nc(C4CCCCC4C(=O)O)n(Cc4ccc(OC(F)(F)F)cc4F)c3c2)n1. The Balaban J connectivity index is 1.53. The summed E-state index contributed by atoms with van der Waals surface area (Å²) in [6.07, 6.45) is -0.646. The summed E-state index contributed by atoms with van der Waals surface area (Å²) in [5.74, 6) is -2.67. The molecule has 1 fully saturated rings. The van der Waals surface area contributed by atoms with Crippen LogP contribution in [0.2, 0.25) is 5.02 Å². The number of hydrogen-bond donors (Lipinski definition) is 1. The average molecular weight is 581 g/mol. The molecule has 0 aliphatic heterocycles. The lowest BCUT2D eigenvalue weighted by Gasteiger charge is -2.28. The van der Waals surface area contributed by atoms with E-state index in [1.165, 1.54) is 6.07 Å². The molecule has 1 N–H and O–H groups in total. The Hall–Kier alpha value is -3.80. The molecule has 4 aromatic rings. The minimum absolute atomic E-state index is 0.0874. The molecule has 0 amide bonds. The summed E-state index contributed by atoms with van der Waals surface area (Å²) >= 11 is 6.18. The van der Waals surface area contributed by atoms with E-state index in [0.717, 1.165) is 18.9 Å². The van der Waals surface area contributed by atoms with Crippen molar-refractivity contribution < 1.29 is 36.9 Å². The zero-order valence-corrected chi connectivity index (χ0v) is 22.0. The minimum Gasteiger partial charge on any atom is -0.487 e. The quantitative estimate of drug-likeness (QED) is 0.241. The van der Waals surface area contributed by atoms with Gasteiger partial charge in [0.15, 0.2) is 0 Å².